The molecule has 2 heterocycles. The van der Waals surface area contributed by atoms with Gasteiger partial charge in [-0.1, -0.05) is 6.07 Å². The standard InChI is InChI=1S/C17H23NO4/c1-2-19-17-13-4-6-15(17)20-8-7-18(13)10-12-3-5-14-16(9-12)22-11-21-14/h3,5,9,13,15,17H,2,4,6-8,10-11H2,1H3/t13-,15-,17-/m1/s1. The summed E-state index contributed by atoms with van der Waals surface area (Å²) in [6.07, 6.45) is 2.74. The van der Waals surface area contributed by atoms with Crippen molar-refractivity contribution in [1.82, 2.24) is 4.90 Å². The van der Waals surface area contributed by atoms with E-state index in [0.717, 1.165) is 50.6 Å². The van der Waals surface area contributed by atoms with Crippen molar-refractivity contribution in [3.05, 3.63) is 23.8 Å². The highest BCUT2D eigenvalue weighted by atomic mass is 16.7. The molecular formula is C17H23NO4. The highest BCUT2D eigenvalue weighted by Crippen LogP contribution is 2.35. The minimum atomic E-state index is 0.210. The molecule has 1 aliphatic carbocycles. The number of hydrogen-bond acceptors (Lipinski definition) is 5. The number of nitrogens with zero attached hydrogens (tertiary/aromatic N) is 1. The van der Waals surface area contributed by atoms with Crippen LogP contribution in [-0.2, 0) is 16.0 Å². The molecule has 0 amide bonds. The van der Waals surface area contributed by atoms with E-state index in [-0.39, 0.29) is 12.2 Å². The second-order valence-electron chi connectivity index (χ2n) is 6.13. The summed E-state index contributed by atoms with van der Waals surface area (Å²) in [4.78, 5) is 2.50. The van der Waals surface area contributed by atoms with Gasteiger partial charge in [-0.2, -0.15) is 0 Å². The van der Waals surface area contributed by atoms with Crippen LogP contribution in [0.2, 0.25) is 0 Å². The van der Waals surface area contributed by atoms with Crippen molar-refractivity contribution in [1.29, 1.82) is 0 Å². The fourth-order valence-electron chi connectivity index (χ4n) is 3.85. The van der Waals surface area contributed by atoms with Crippen LogP contribution in [-0.4, -0.2) is 49.7 Å². The number of benzene rings is 1. The molecule has 0 N–H and O–H groups in total. The maximum absolute atomic E-state index is 5.99. The zero-order valence-electron chi connectivity index (χ0n) is 13.0. The van der Waals surface area contributed by atoms with E-state index in [1.54, 1.807) is 0 Å². The molecule has 5 heteroatoms. The fourth-order valence-corrected chi connectivity index (χ4v) is 3.85. The third kappa shape index (κ3) is 2.57. The third-order valence-electron chi connectivity index (χ3n) is 4.85. The van der Waals surface area contributed by atoms with E-state index in [1.165, 1.54) is 5.56 Å². The first-order valence-electron chi connectivity index (χ1n) is 8.21. The molecule has 1 saturated carbocycles. The minimum absolute atomic E-state index is 0.210. The second-order valence-corrected chi connectivity index (χ2v) is 6.13. The zero-order chi connectivity index (χ0) is 14.9. The summed E-state index contributed by atoms with van der Waals surface area (Å²) >= 11 is 0. The van der Waals surface area contributed by atoms with Crippen LogP contribution < -0.4 is 9.47 Å². The van der Waals surface area contributed by atoms with E-state index < -0.39 is 0 Å². The summed E-state index contributed by atoms with van der Waals surface area (Å²) in [6.45, 7) is 5.79. The number of rotatable bonds is 4. The summed E-state index contributed by atoms with van der Waals surface area (Å²) < 4.78 is 22.8. The number of hydrogen-bond donors (Lipinski definition) is 0. The van der Waals surface area contributed by atoms with Gasteiger partial charge in [0.05, 0.1) is 18.8 Å². The Morgan fingerprint density at radius 1 is 1.23 bits per heavy atom. The van der Waals surface area contributed by atoms with Gasteiger partial charge in [0.2, 0.25) is 6.79 Å². The Balaban J connectivity index is 1.51. The van der Waals surface area contributed by atoms with E-state index in [1.807, 2.05) is 6.07 Å². The van der Waals surface area contributed by atoms with Crippen molar-refractivity contribution in [2.24, 2.45) is 0 Å². The van der Waals surface area contributed by atoms with Crippen molar-refractivity contribution in [3.8, 4) is 11.5 Å². The summed E-state index contributed by atoms with van der Waals surface area (Å²) in [5.74, 6) is 1.70. The Kier molecular flexibility index (Phi) is 3.94. The van der Waals surface area contributed by atoms with Crippen LogP contribution in [0.15, 0.2) is 18.2 Å². The van der Waals surface area contributed by atoms with E-state index in [4.69, 9.17) is 18.9 Å². The van der Waals surface area contributed by atoms with Gasteiger partial charge in [0.25, 0.3) is 0 Å². The molecule has 1 aromatic rings. The number of fused-ring (bicyclic) bond motifs is 3. The molecular weight excluding hydrogens is 282 g/mol. The van der Waals surface area contributed by atoms with Crippen LogP contribution in [0.4, 0.5) is 0 Å². The molecule has 1 saturated heterocycles. The normalized spacial score (nSPS) is 30.5. The fraction of sp³-hybridized carbons (Fsp3) is 0.647. The molecule has 5 nitrogen and oxygen atoms in total. The predicted octanol–water partition coefficient (Wildman–Crippen LogP) is 2.18. The van der Waals surface area contributed by atoms with Crippen molar-refractivity contribution in [3.63, 3.8) is 0 Å². The number of ether oxygens (including phenoxy) is 4. The molecule has 22 heavy (non-hydrogen) atoms. The average Bonchev–Trinajstić information content (AvgIpc) is 3.08. The third-order valence-corrected chi connectivity index (χ3v) is 4.85. The first-order valence-corrected chi connectivity index (χ1v) is 8.21. The molecule has 2 bridgehead atoms. The lowest BCUT2D eigenvalue weighted by Gasteiger charge is -2.31. The molecule has 0 radical (unpaired) electrons. The summed E-state index contributed by atoms with van der Waals surface area (Å²) in [5, 5.41) is 0. The molecule has 4 rings (SSSR count). The van der Waals surface area contributed by atoms with Crippen LogP contribution in [0.1, 0.15) is 25.3 Å². The van der Waals surface area contributed by atoms with Crippen LogP contribution in [0.3, 0.4) is 0 Å². The van der Waals surface area contributed by atoms with E-state index in [9.17, 15) is 0 Å². The summed E-state index contributed by atoms with van der Waals surface area (Å²) in [6, 6.07) is 6.68. The van der Waals surface area contributed by atoms with Gasteiger partial charge in [-0.3, -0.25) is 4.90 Å². The summed E-state index contributed by atoms with van der Waals surface area (Å²) in [7, 11) is 0. The van der Waals surface area contributed by atoms with Gasteiger partial charge in [0, 0.05) is 25.7 Å². The Morgan fingerprint density at radius 2 is 2.14 bits per heavy atom. The van der Waals surface area contributed by atoms with Crippen LogP contribution in [0.25, 0.3) is 0 Å². The first kappa shape index (κ1) is 14.3. The highest BCUT2D eigenvalue weighted by Gasteiger charge is 2.42. The smallest absolute Gasteiger partial charge is 0.231 e. The molecule has 0 unspecified atom stereocenters. The second kappa shape index (κ2) is 6.07. The molecule has 2 aliphatic heterocycles. The van der Waals surface area contributed by atoms with E-state index >= 15 is 0 Å². The van der Waals surface area contributed by atoms with Crippen molar-refractivity contribution < 1.29 is 18.9 Å². The largest absolute Gasteiger partial charge is 0.454 e. The summed E-state index contributed by atoms with van der Waals surface area (Å²) in [5.41, 5.74) is 1.25. The maximum atomic E-state index is 5.99. The SMILES string of the molecule is CCO[C@@H]1[C@H]2CC[C@H]1OCCN2Cc1ccc2c(c1)OCO2. The average molecular weight is 305 g/mol. The van der Waals surface area contributed by atoms with Gasteiger partial charge in [-0.25, -0.2) is 0 Å². The lowest BCUT2D eigenvalue weighted by molar-refractivity contribution is -0.0498. The molecule has 3 aliphatic rings. The molecule has 0 aromatic heterocycles. The van der Waals surface area contributed by atoms with Crippen LogP contribution in [0, 0.1) is 0 Å². The van der Waals surface area contributed by atoms with Gasteiger partial charge in [-0.15, -0.1) is 0 Å². The topological polar surface area (TPSA) is 40.2 Å². The van der Waals surface area contributed by atoms with Crippen molar-refractivity contribution >= 4 is 0 Å². The molecule has 120 valence electrons. The zero-order valence-corrected chi connectivity index (χ0v) is 13.0. The quantitative estimate of drug-likeness (QED) is 0.853. The monoisotopic (exact) mass is 305 g/mol. The molecule has 1 aromatic carbocycles. The lowest BCUT2D eigenvalue weighted by Crippen LogP contribution is -2.42. The Morgan fingerprint density at radius 3 is 3.05 bits per heavy atom. The van der Waals surface area contributed by atoms with E-state index in [2.05, 4.69) is 24.0 Å². The van der Waals surface area contributed by atoms with Gasteiger partial charge in [-0.05, 0) is 37.5 Å². The molecule has 0 spiro atoms. The van der Waals surface area contributed by atoms with Crippen LogP contribution in [0.5, 0.6) is 11.5 Å². The van der Waals surface area contributed by atoms with E-state index in [0.29, 0.717) is 12.8 Å². The van der Waals surface area contributed by atoms with Gasteiger partial charge in [0.1, 0.15) is 0 Å². The van der Waals surface area contributed by atoms with Gasteiger partial charge >= 0.3 is 0 Å². The van der Waals surface area contributed by atoms with Gasteiger partial charge < -0.3 is 18.9 Å². The highest BCUT2D eigenvalue weighted by molar-refractivity contribution is 5.44. The van der Waals surface area contributed by atoms with Gasteiger partial charge in [0.15, 0.2) is 11.5 Å². The van der Waals surface area contributed by atoms with Crippen molar-refractivity contribution in [2.75, 3.05) is 26.6 Å². The molecule has 2 fully saturated rings. The molecule has 3 atom stereocenters. The Labute approximate surface area is 131 Å². The van der Waals surface area contributed by atoms with Crippen molar-refractivity contribution in [2.45, 2.75) is 44.6 Å². The Hall–Kier alpha value is -1.30. The predicted molar refractivity (Wildman–Crippen MR) is 81.2 cm³/mol. The lowest BCUT2D eigenvalue weighted by atomic mass is 10.1. The maximum Gasteiger partial charge on any atom is 0.231 e. The first-order chi connectivity index (χ1) is 10.8. The Bertz CT molecular complexity index is 535. The minimum Gasteiger partial charge on any atom is -0.454 e. The van der Waals surface area contributed by atoms with Crippen LogP contribution >= 0.6 is 0 Å².